The normalized spacial score (nSPS) is 20.6. The standard InChI is InChI=1S/C22H26F3N3O2/c23-22(24,25)18-10-8-16(9-11-18)20-26-27-21(30-20)17-6-3-13-28(14-17)19(29)12-7-15-4-1-2-5-15/h8-11,15,17H,1-7,12-14H2. The highest BCUT2D eigenvalue weighted by atomic mass is 19.4. The van der Waals surface area contributed by atoms with Gasteiger partial charge in [0.15, 0.2) is 0 Å². The molecule has 5 nitrogen and oxygen atoms in total. The molecule has 0 radical (unpaired) electrons. The summed E-state index contributed by atoms with van der Waals surface area (Å²) >= 11 is 0. The summed E-state index contributed by atoms with van der Waals surface area (Å²) in [6.07, 6.45) is 3.95. The first kappa shape index (κ1) is 20.9. The number of rotatable bonds is 5. The number of likely N-dealkylation sites (tertiary alicyclic amines) is 1. The number of carbonyl (C=O) groups excluding carboxylic acids is 1. The Hall–Kier alpha value is -2.38. The number of amides is 1. The van der Waals surface area contributed by atoms with E-state index < -0.39 is 11.7 Å². The van der Waals surface area contributed by atoms with Gasteiger partial charge >= 0.3 is 6.18 Å². The number of hydrogen-bond acceptors (Lipinski definition) is 4. The first-order valence-electron chi connectivity index (χ1n) is 10.7. The van der Waals surface area contributed by atoms with E-state index >= 15 is 0 Å². The minimum atomic E-state index is -4.38. The Morgan fingerprint density at radius 2 is 1.80 bits per heavy atom. The van der Waals surface area contributed by atoms with Crippen LogP contribution in [0.15, 0.2) is 28.7 Å². The first-order chi connectivity index (χ1) is 14.4. The minimum absolute atomic E-state index is 0.0371. The number of carbonyl (C=O) groups is 1. The summed E-state index contributed by atoms with van der Waals surface area (Å²) < 4.78 is 44.0. The molecule has 4 rings (SSSR count). The Labute approximate surface area is 173 Å². The van der Waals surface area contributed by atoms with Crippen molar-refractivity contribution in [3.63, 3.8) is 0 Å². The molecule has 2 heterocycles. The van der Waals surface area contributed by atoms with Gasteiger partial charge in [-0.2, -0.15) is 13.2 Å². The Morgan fingerprint density at radius 1 is 1.07 bits per heavy atom. The molecule has 1 aliphatic heterocycles. The van der Waals surface area contributed by atoms with Crippen molar-refractivity contribution in [3.05, 3.63) is 35.7 Å². The second-order valence-corrected chi connectivity index (χ2v) is 8.39. The minimum Gasteiger partial charge on any atom is -0.420 e. The van der Waals surface area contributed by atoms with Crippen LogP contribution in [0.4, 0.5) is 13.2 Å². The SMILES string of the molecule is O=C(CCC1CCCC1)N1CCCC(c2nnc(-c3ccc(C(F)(F)F)cc3)o2)C1. The average Bonchev–Trinajstić information content (AvgIpc) is 3.44. The van der Waals surface area contributed by atoms with E-state index in [0.717, 1.165) is 37.9 Å². The van der Waals surface area contributed by atoms with Crippen LogP contribution in [-0.2, 0) is 11.0 Å². The highest BCUT2D eigenvalue weighted by molar-refractivity contribution is 5.76. The summed E-state index contributed by atoms with van der Waals surface area (Å²) in [6.45, 7) is 1.30. The highest BCUT2D eigenvalue weighted by Gasteiger charge is 2.31. The van der Waals surface area contributed by atoms with Gasteiger partial charge in [0.25, 0.3) is 0 Å². The number of benzene rings is 1. The molecule has 0 spiro atoms. The molecule has 1 aromatic heterocycles. The van der Waals surface area contributed by atoms with Crippen molar-refractivity contribution in [3.8, 4) is 11.5 Å². The van der Waals surface area contributed by atoms with Crippen LogP contribution in [-0.4, -0.2) is 34.1 Å². The Bertz CT molecular complexity index is 857. The summed E-state index contributed by atoms with van der Waals surface area (Å²) in [6, 6.07) is 4.68. The monoisotopic (exact) mass is 421 g/mol. The van der Waals surface area contributed by atoms with Crippen LogP contribution in [0.1, 0.15) is 68.7 Å². The Morgan fingerprint density at radius 3 is 2.50 bits per heavy atom. The van der Waals surface area contributed by atoms with Gasteiger partial charge in [0.05, 0.1) is 11.5 Å². The molecule has 1 amide bonds. The molecule has 2 fully saturated rings. The third kappa shape index (κ3) is 4.84. The maximum atomic E-state index is 12.7. The summed E-state index contributed by atoms with van der Waals surface area (Å²) in [4.78, 5) is 14.5. The van der Waals surface area contributed by atoms with Gasteiger partial charge in [0, 0.05) is 25.1 Å². The zero-order chi connectivity index (χ0) is 21.1. The summed E-state index contributed by atoms with van der Waals surface area (Å²) in [5.74, 6) is 1.48. The zero-order valence-electron chi connectivity index (χ0n) is 16.8. The third-order valence-corrected chi connectivity index (χ3v) is 6.26. The van der Waals surface area contributed by atoms with Crippen LogP contribution in [0.25, 0.3) is 11.5 Å². The number of piperidine rings is 1. The average molecular weight is 421 g/mol. The van der Waals surface area contributed by atoms with Gasteiger partial charge in [0.1, 0.15) is 0 Å². The smallest absolute Gasteiger partial charge is 0.416 e. The lowest BCUT2D eigenvalue weighted by Crippen LogP contribution is -2.39. The van der Waals surface area contributed by atoms with Gasteiger partial charge in [-0.3, -0.25) is 4.79 Å². The van der Waals surface area contributed by atoms with Crippen LogP contribution in [0.5, 0.6) is 0 Å². The van der Waals surface area contributed by atoms with Crippen LogP contribution < -0.4 is 0 Å². The van der Waals surface area contributed by atoms with E-state index in [1.807, 2.05) is 4.90 Å². The van der Waals surface area contributed by atoms with Crippen molar-refractivity contribution in [2.45, 2.75) is 63.5 Å². The van der Waals surface area contributed by atoms with Crippen molar-refractivity contribution in [1.29, 1.82) is 0 Å². The van der Waals surface area contributed by atoms with Crippen LogP contribution >= 0.6 is 0 Å². The lowest BCUT2D eigenvalue weighted by atomic mass is 9.96. The molecule has 2 aliphatic rings. The number of halogens is 3. The molecule has 1 saturated carbocycles. The number of aromatic nitrogens is 2. The number of hydrogen-bond donors (Lipinski definition) is 0. The molecule has 30 heavy (non-hydrogen) atoms. The maximum Gasteiger partial charge on any atom is 0.416 e. The topological polar surface area (TPSA) is 59.2 Å². The molecule has 1 aromatic carbocycles. The van der Waals surface area contributed by atoms with Crippen LogP contribution in [0.2, 0.25) is 0 Å². The molecule has 1 unspecified atom stereocenters. The molecule has 8 heteroatoms. The van der Waals surface area contributed by atoms with Gasteiger partial charge in [0.2, 0.25) is 17.7 Å². The molecule has 1 aliphatic carbocycles. The van der Waals surface area contributed by atoms with Crippen molar-refractivity contribution in [2.75, 3.05) is 13.1 Å². The predicted molar refractivity (Wildman–Crippen MR) is 104 cm³/mol. The van der Waals surface area contributed by atoms with Crippen molar-refractivity contribution in [2.24, 2.45) is 5.92 Å². The van der Waals surface area contributed by atoms with Crippen LogP contribution in [0, 0.1) is 5.92 Å². The fourth-order valence-corrected chi connectivity index (χ4v) is 4.51. The molecule has 0 N–H and O–H groups in total. The van der Waals surface area contributed by atoms with E-state index in [1.165, 1.54) is 37.8 Å². The number of nitrogens with zero attached hydrogens (tertiary/aromatic N) is 3. The second kappa shape index (κ2) is 8.78. The van der Waals surface area contributed by atoms with E-state index in [-0.39, 0.29) is 17.7 Å². The zero-order valence-corrected chi connectivity index (χ0v) is 16.8. The van der Waals surface area contributed by atoms with Crippen molar-refractivity contribution in [1.82, 2.24) is 15.1 Å². The van der Waals surface area contributed by atoms with Crippen molar-refractivity contribution < 1.29 is 22.4 Å². The molecule has 162 valence electrons. The lowest BCUT2D eigenvalue weighted by Gasteiger charge is -2.31. The third-order valence-electron chi connectivity index (χ3n) is 6.26. The maximum absolute atomic E-state index is 12.7. The Balaban J connectivity index is 1.37. The quantitative estimate of drug-likeness (QED) is 0.646. The van der Waals surface area contributed by atoms with Crippen LogP contribution in [0.3, 0.4) is 0 Å². The van der Waals surface area contributed by atoms with E-state index in [4.69, 9.17) is 4.42 Å². The first-order valence-corrected chi connectivity index (χ1v) is 10.7. The summed E-state index contributed by atoms with van der Waals surface area (Å²) in [7, 11) is 0. The Kier molecular flexibility index (Phi) is 6.11. The molecule has 0 bridgehead atoms. The van der Waals surface area contributed by atoms with Gasteiger partial charge in [-0.05, 0) is 49.4 Å². The van der Waals surface area contributed by atoms with Gasteiger partial charge in [-0.15, -0.1) is 10.2 Å². The molecular formula is C22H26F3N3O2. The lowest BCUT2D eigenvalue weighted by molar-refractivity contribution is -0.137. The van der Waals surface area contributed by atoms with E-state index in [1.54, 1.807) is 0 Å². The number of alkyl halides is 3. The van der Waals surface area contributed by atoms with E-state index in [2.05, 4.69) is 10.2 Å². The second-order valence-electron chi connectivity index (χ2n) is 8.39. The van der Waals surface area contributed by atoms with Gasteiger partial charge in [-0.1, -0.05) is 25.7 Å². The fraction of sp³-hybridized carbons (Fsp3) is 0.591. The highest BCUT2D eigenvalue weighted by Crippen LogP contribution is 2.33. The van der Waals surface area contributed by atoms with E-state index in [0.29, 0.717) is 30.3 Å². The van der Waals surface area contributed by atoms with Gasteiger partial charge in [-0.25, -0.2) is 0 Å². The molecule has 1 atom stereocenters. The molecular weight excluding hydrogens is 395 g/mol. The predicted octanol–water partition coefficient (Wildman–Crippen LogP) is 5.43. The summed E-state index contributed by atoms with van der Waals surface area (Å²) in [5.41, 5.74) is -0.271. The summed E-state index contributed by atoms with van der Waals surface area (Å²) in [5, 5.41) is 8.12. The largest absolute Gasteiger partial charge is 0.420 e. The fourth-order valence-electron chi connectivity index (χ4n) is 4.51. The van der Waals surface area contributed by atoms with E-state index in [9.17, 15) is 18.0 Å². The molecule has 1 saturated heterocycles. The van der Waals surface area contributed by atoms with Gasteiger partial charge < -0.3 is 9.32 Å². The molecule has 2 aromatic rings. The van der Waals surface area contributed by atoms with Crippen molar-refractivity contribution >= 4 is 5.91 Å².